The fraction of sp³-hybridized carbons (Fsp3) is 0.455. The molecule has 4 nitrogen and oxygen atoms in total. The number of aliphatic hydroxyl groups is 1. The molecule has 4 heteroatoms. The summed E-state index contributed by atoms with van der Waals surface area (Å²) in [5.74, 6) is 2.24. The topological polar surface area (TPSA) is 64.7 Å². The lowest BCUT2D eigenvalue weighted by Crippen LogP contribution is -2.40. The maximum absolute atomic E-state index is 9.42. The minimum atomic E-state index is -0.406. The molecule has 0 amide bonds. The van der Waals surface area contributed by atoms with E-state index in [4.69, 9.17) is 15.2 Å². The molecule has 2 aromatic carbocycles. The first kappa shape index (κ1) is 18.7. The Balaban J connectivity index is 1.51. The normalized spacial score (nSPS) is 22.4. The molecule has 1 saturated carbocycles. The molecule has 0 saturated heterocycles. The largest absolute Gasteiger partial charge is 0.496 e. The molecule has 0 heterocycles. The first-order chi connectivity index (χ1) is 12.5. The molecule has 0 bridgehead atoms. The average molecular weight is 355 g/mol. The third kappa shape index (κ3) is 4.37. The molecule has 0 aliphatic heterocycles. The fourth-order valence-corrected chi connectivity index (χ4v) is 3.80. The number of aryl methyl sites for hydroxylation is 1. The molecule has 2 atom stereocenters. The van der Waals surface area contributed by atoms with Crippen LogP contribution in [-0.4, -0.2) is 31.0 Å². The quantitative estimate of drug-likeness (QED) is 0.797. The van der Waals surface area contributed by atoms with Crippen LogP contribution in [0.5, 0.6) is 11.5 Å². The standard InChI is InChI=1S/C22H29NO3/c1-16-13-17(3-8-21(16)25-2)10-12-26-20-6-4-18(5-7-20)19-9-11-22(23,14-19)15-24/h3-8,13,19,24H,9-12,14-15,23H2,1-2H3/t19-,22+/m1/s1. The van der Waals surface area contributed by atoms with E-state index < -0.39 is 5.54 Å². The van der Waals surface area contributed by atoms with E-state index in [-0.39, 0.29) is 6.61 Å². The summed E-state index contributed by atoms with van der Waals surface area (Å²) >= 11 is 0. The molecule has 2 aromatic rings. The predicted molar refractivity (Wildman–Crippen MR) is 104 cm³/mol. The molecule has 3 rings (SSSR count). The molecule has 0 radical (unpaired) electrons. The number of benzene rings is 2. The van der Waals surface area contributed by atoms with E-state index in [0.717, 1.165) is 42.7 Å². The van der Waals surface area contributed by atoms with Crippen LogP contribution >= 0.6 is 0 Å². The van der Waals surface area contributed by atoms with E-state index in [1.54, 1.807) is 7.11 Å². The Morgan fingerprint density at radius 3 is 2.58 bits per heavy atom. The van der Waals surface area contributed by atoms with Crippen LogP contribution in [0.4, 0.5) is 0 Å². The van der Waals surface area contributed by atoms with Gasteiger partial charge in [-0.25, -0.2) is 0 Å². The summed E-state index contributed by atoms with van der Waals surface area (Å²) in [7, 11) is 1.69. The van der Waals surface area contributed by atoms with Gasteiger partial charge < -0.3 is 20.3 Å². The molecule has 140 valence electrons. The Kier molecular flexibility index (Phi) is 5.84. The van der Waals surface area contributed by atoms with Crippen molar-refractivity contribution in [1.82, 2.24) is 0 Å². The predicted octanol–water partition coefficient (Wildman–Crippen LogP) is 3.58. The van der Waals surface area contributed by atoms with Gasteiger partial charge in [-0.3, -0.25) is 0 Å². The van der Waals surface area contributed by atoms with Crippen LogP contribution in [0.25, 0.3) is 0 Å². The van der Waals surface area contributed by atoms with E-state index >= 15 is 0 Å². The van der Waals surface area contributed by atoms with Gasteiger partial charge in [-0.2, -0.15) is 0 Å². The maximum atomic E-state index is 9.42. The van der Waals surface area contributed by atoms with Gasteiger partial charge in [0.15, 0.2) is 0 Å². The van der Waals surface area contributed by atoms with Gasteiger partial charge in [-0.15, -0.1) is 0 Å². The highest BCUT2D eigenvalue weighted by molar-refractivity contribution is 5.36. The second-order valence-corrected chi connectivity index (χ2v) is 7.43. The fourth-order valence-electron chi connectivity index (χ4n) is 3.80. The van der Waals surface area contributed by atoms with Crippen LogP contribution in [-0.2, 0) is 6.42 Å². The van der Waals surface area contributed by atoms with Crippen molar-refractivity contribution in [1.29, 1.82) is 0 Å². The molecule has 1 fully saturated rings. The molecule has 0 unspecified atom stereocenters. The zero-order valence-electron chi connectivity index (χ0n) is 15.7. The number of rotatable bonds is 7. The summed E-state index contributed by atoms with van der Waals surface area (Å²) < 4.78 is 11.2. The molecule has 0 spiro atoms. The van der Waals surface area contributed by atoms with Crippen molar-refractivity contribution in [2.75, 3.05) is 20.3 Å². The third-order valence-corrected chi connectivity index (χ3v) is 5.43. The van der Waals surface area contributed by atoms with Gasteiger partial charge in [0.05, 0.1) is 20.3 Å². The van der Waals surface area contributed by atoms with Crippen LogP contribution in [0.3, 0.4) is 0 Å². The smallest absolute Gasteiger partial charge is 0.121 e. The van der Waals surface area contributed by atoms with Crippen molar-refractivity contribution in [3.8, 4) is 11.5 Å². The lowest BCUT2D eigenvalue weighted by Gasteiger charge is -2.21. The lowest BCUT2D eigenvalue weighted by molar-refractivity contribution is 0.198. The minimum absolute atomic E-state index is 0.0650. The first-order valence-electron chi connectivity index (χ1n) is 9.29. The number of ether oxygens (including phenoxy) is 2. The highest BCUT2D eigenvalue weighted by Crippen LogP contribution is 2.39. The maximum Gasteiger partial charge on any atom is 0.121 e. The van der Waals surface area contributed by atoms with Crippen LogP contribution in [0.1, 0.15) is 41.9 Å². The summed E-state index contributed by atoms with van der Waals surface area (Å²) in [5.41, 5.74) is 9.45. The van der Waals surface area contributed by atoms with Gasteiger partial charge in [0.2, 0.25) is 0 Å². The molecular formula is C22H29NO3. The van der Waals surface area contributed by atoms with Crippen molar-refractivity contribution < 1.29 is 14.6 Å². The second kappa shape index (κ2) is 8.11. The monoisotopic (exact) mass is 355 g/mol. The van der Waals surface area contributed by atoms with E-state index in [2.05, 4.69) is 31.2 Å². The van der Waals surface area contributed by atoms with Crippen LogP contribution < -0.4 is 15.2 Å². The highest BCUT2D eigenvalue weighted by atomic mass is 16.5. The van der Waals surface area contributed by atoms with Crippen molar-refractivity contribution in [3.63, 3.8) is 0 Å². The van der Waals surface area contributed by atoms with Gasteiger partial charge in [0.1, 0.15) is 11.5 Å². The lowest BCUT2D eigenvalue weighted by atomic mass is 9.94. The molecule has 0 aromatic heterocycles. The Bertz CT molecular complexity index is 729. The zero-order chi connectivity index (χ0) is 18.6. The summed E-state index contributed by atoms with van der Waals surface area (Å²) in [6.45, 7) is 2.76. The van der Waals surface area contributed by atoms with Gasteiger partial charge in [0, 0.05) is 12.0 Å². The van der Waals surface area contributed by atoms with Crippen molar-refractivity contribution in [2.45, 2.75) is 44.1 Å². The Morgan fingerprint density at radius 1 is 1.19 bits per heavy atom. The molecule has 26 heavy (non-hydrogen) atoms. The summed E-state index contributed by atoms with van der Waals surface area (Å²) in [4.78, 5) is 0. The van der Waals surface area contributed by atoms with Gasteiger partial charge >= 0.3 is 0 Å². The molecular weight excluding hydrogens is 326 g/mol. The van der Waals surface area contributed by atoms with Crippen LogP contribution in [0.15, 0.2) is 42.5 Å². The number of methoxy groups -OCH3 is 1. The Morgan fingerprint density at radius 2 is 1.96 bits per heavy atom. The summed E-state index contributed by atoms with van der Waals surface area (Å²) in [5, 5.41) is 9.42. The first-order valence-corrected chi connectivity index (χ1v) is 9.29. The van der Waals surface area contributed by atoms with Crippen LogP contribution in [0, 0.1) is 6.92 Å². The van der Waals surface area contributed by atoms with Crippen molar-refractivity contribution >= 4 is 0 Å². The minimum Gasteiger partial charge on any atom is -0.496 e. The summed E-state index contributed by atoms with van der Waals surface area (Å²) in [6, 6.07) is 14.5. The van der Waals surface area contributed by atoms with Gasteiger partial charge in [-0.1, -0.05) is 24.3 Å². The second-order valence-electron chi connectivity index (χ2n) is 7.43. The molecule has 3 N–H and O–H groups in total. The SMILES string of the molecule is COc1ccc(CCOc2ccc([C@@H]3CC[C@@](N)(CO)C3)cc2)cc1C. The highest BCUT2D eigenvalue weighted by Gasteiger charge is 2.35. The van der Waals surface area contributed by atoms with E-state index in [1.807, 2.05) is 18.2 Å². The molecule has 1 aliphatic carbocycles. The third-order valence-electron chi connectivity index (χ3n) is 5.43. The van der Waals surface area contributed by atoms with Crippen molar-refractivity contribution in [2.24, 2.45) is 5.73 Å². The Labute approximate surface area is 155 Å². The number of nitrogens with two attached hydrogens (primary N) is 1. The van der Waals surface area contributed by atoms with E-state index in [0.29, 0.717) is 12.5 Å². The van der Waals surface area contributed by atoms with E-state index in [9.17, 15) is 5.11 Å². The number of hydrogen-bond donors (Lipinski definition) is 2. The molecule has 1 aliphatic rings. The van der Waals surface area contributed by atoms with Crippen molar-refractivity contribution in [3.05, 3.63) is 59.2 Å². The number of aliphatic hydroxyl groups excluding tert-OH is 1. The number of hydrogen-bond acceptors (Lipinski definition) is 4. The average Bonchev–Trinajstić information content (AvgIpc) is 3.05. The Hall–Kier alpha value is -2.04. The van der Waals surface area contributed by atoms with Gasteiger partial charge in [-0.05, 0) is 67.0 Å². The zero-order valence-corrected chi connectivity index (χ0v) is 15.7. The van der Waals surface area contributed by atoms with Gasteiger partial charge in [0.25, 0.3) is 0 Å². The van der Waals surface area contributed by atoms with E-state index in [1.165, 1.54) is 11.1 Å². The summed E-state index contributed by atoms with van der Waals surface area (Å²) in [6.07, 6.45) is 3.63. The van der Waals surface area contributed by atoms with Crippen LogP contribution in [0.2, 0.25) is 0 Å².